The van der Waals surface area contributed by atoms with E-state index in [1.54, 1.807) is 51.5 Å². The molecule has 1 saturated heterocycles. The molecule has 3 aromatic carbocycles. The van der Waals surface area contributed by atoms with Gasteiger partial charge in [0.05, 0.1) is 20.3 Å². The first-order valence-electron chi connectivity index (χ1n) is 14.0. The van der Waals surface area contributed by atoms with E-state index in [-0.39, 0.29) is 11.8 Å². The summed E-state index contributed by atoms with van der Waals surface area (Å²) < 4.78 is 23.0. The van der Waals surface area contributed by atoms with E-state index in [2.05, 4.69) is 17.3 Å². The van der Waals surface area contributed by atoms with Crippen LogP contribution in [0.3, 0.4) is 0 Å². The maximum absolute atomic E-state index is 13.3. The lowest BCUT2D eigenvalue weighted by Gasteiger charge is -2.31. The standard InChI is InChI=1S/C33H36N2O7/c1-19-30-23(17-26(20(2)36)31(19)41-24-11-13-35(3)14-12-24)18-28(33(38)42-30)34-32(37)22-9-10-29(40-5)27(16-22)21-7-6-8-25(15-21)39-4/h6-10,15-18,20,24,36H,11-14H2,1-5H3,(H,34,37). The topological polar surface area (TPSA) is 110 Å². The molecule has 4 aromatic rings. The number of amides is 1. The van der Waals surface area contributed by atoms with Crippen LogP contribution in [0, 0.1) is 6.92 Å². The number of nitrogens with one attached hydrogen (secondary N) is 1. The Bertz CT molecular complexity index is 1670. The number of methoxy groups -OCH3 is 2. The number of benzene rings is 3. The molecule has 2 heterocycles. The van der Waals surface area contributed by atoms with Crippen LogP contribution in [0.25, 0.3) is 22.1 Å². The van der Waals surface area contributed by atoms with Gasteiger partial charge in [0.1, 0.15) is 34.6 Å². The smallest absolute Gasteiger partial charge is 0.360 e. The average molecular weight is 573 g/mol. The van der Waals surface area contributed by atoms with Crippen molar-refractivity contribution in [3.8, 4) is 28.4 Å². The molecular formula is C33H36N2O7. The number of carbonyl (C=O) groups excluding carboxylic acids is 1. The van der Waals surface area contributed by atoms with E-state index in [1.807, 2.05) is 31.2 Å². The first-order chi connectivity index (χ1) is 20.2. The summed E-state index contributed by atoms with van der Waals surface area (Å²) in [5.74, 6) is 1.31. The van der Waals surface area contributed by atoms with E-state index < -0.39 is 17.6 Å². The highest BCUT2D eigenvalue weighted by atomic mass is 16.5. The Morgan fingerprint density at radius 2 is 1.83 bits per heavy atom. The van der Waals surface area contributed by atoms with Gasteiger partial charge in [-0.3, -0.25) is 4.79 Å². The fourth-order valence-corrected chi connectivity index (χ4v) is 5.32. The van der Waals surface area contributed by atoms with Gasteiger partial charge in [-0.05, 0) is 81.8 Å². The van der Waals surface area contributed by atoms with Gasteiger partial charge in [0.15, 0.2) is 0 Å². The minimum atomic E-state index is -0.811. The molecule has 42 heavy (non-hydrogen) atoms. The zero-order chi connectivity index (χ0) is 30.0. The summed E-state index contributed by atoms with van der Waals surface area (Å²) in [6.07, 6.45) is 0.931. The summed E-state index contributed by atoms with van der Waals surface area (Å²) in [6, 6.07) is 15.8. The predicted molar refractivity (Wildman–Crippen MR) is 162 cm³/mol. The van der Waals surface area contributed by atoms with Gasteiger partial charge >= 0.3 is 5.63 Å². The Labute approximate surface area is 244 Å². The number of carbonyl (C=O) groups is 1. The van der Waals surface area contributed by atoms with Crippen molar-refractivity contribution in [3.63, 3.8) is 0 Å². The van der Waals surface area contributed by atoms with Gasteiger partial charge < -0.3 is 34.0 Å². The van der Waals surface area contributed by atoms with Crippen LogP contribution in [0.2, 0.25) is 0 Å². The molecule has 1 atom stereocenters. The zero-order valence-corrected chi connectivity index (χ0v) is 24.5. The average Bonchev–Trinajstić information content (AvgIpc) is 2.99. The van der Waals surface area contributed by atoms with E-state index in [0.717, 1.165) is 31.5 Å². The number of nitrogens with zero attached hydrogens (tertiary/aromatic N) is 1. The molecule has 9 heteroatoms. The molecule has 0 spiro atoms. The van der Waals surface area contributed by atoms with Gasteiger partial charge in [0.25, 0.3) is 5.91 Å². The Morgan fingerprint density at radius 3 is 2.52 bits per heavy atom. The lowest BCUT2D eigenvalue weighted by atomic mass is 10.0. The quantitative estimate of drug-likeness (QED) is 0.264. The lowest BCUT2D eigenvalue weighted by molar-refractivity contribution is 0.102. The molecule has 1 aromatic heterocycles. The fraction of sp³-hybridized carbons (Fsp3) is 0.333. The number of hydrogen-bond donors (Lipinski definition) is 2. The van der Waals surface area contributed by atoms with Gasteiger partial charge in [-0.25, -0.2) is 4.79 Å². The van der Waals surface area contributed by atoms with Crippen LogP contribution in [0.15, 0.2) is 63.8 Å². The summed E-state index contributed by atoms with van der Waals surface area (Å²) in [5.41, 5.74) is 2.74. The minimum Gasteiger partial charge on any atom is -0.497 e. The van der Waals surface area contributed by atoms with Crippen LogP contribution >= 0.6 is 0 Å². The van der Waals surface area contributed by atoms with Crippen molar-refractivity contribution in [2.45, 2.75) is 38.9 Å². The van der Waals surface area contributed by atoms with Crippen molar-refractivity contribution in [2.75, 3.05) is 39.7 Å². The molecule has 1 unspecified atom stereocenters. The van der Waals surface area contributed by atoms with Crippen LogP contribution in [0.4, 0.5) is 5.69 Å². The highest BCUT2D eigenvalue weighted by molar-refractivity contribution is 6.06. The Kier molecular flexibility index (Phi) is 8.51. The zero-order valence-electron chi connectivity index (χ0n) is 24.5. The van der Waals surface area contributed by atoms with E-state index >= 15 is 0 Å². The van der Waals surface area contributed by atoms with Gasteiger partial charge in [-0.1, -0.05) is 12.1 Å². The second kappa shape index (κ2) is 12.3. The normalized spacial score (nSPS) is 14.9. The highest BCUT2D eigenvalue weighted by Crippen LogP contribution is 2.37. The summed E-state index contributed by atoms with van der Waals surface area (Å²) in [4.78, 5) is 28.6. The maximum atomic E-state index is 13.3. The lowest BCUT2D eigenvalue weighted by Crippen LogP contribution is -2.36. The number of aliphatic hydroxyl groups is 1. The number of piperidine rings is 1. The summed E-state index contributed by atoms with van der Waals surface area (Å²) >= 11 is 0. The number of anilines is 1. The number of aryl methyl sites for hydroxylation is 1. The molecule has 1 aliphatic heterocycles. The van der Waals surface area contributed by atoms with E-state index in [4.69, 9.17) is 18.6 Å². The molecule has 0 aliphatic carbocycles. The van der Waals surface area contributed by atoms with Crippen molar-refractivity contribution in [1.29, 1.82) is 0 Å². The molecule has 1 fully saturated rings. The number of aliphatic hydroxyl groups excluding tert-OH is 1. The fourth-order valence-electron chi connectivity index (χ4n) is 5.32. The molecule has 0 bridgehead atoms. The van der Waals surface area contributed by atoms with Crippen LogP contribution in [-0.2, 0) is 0 Å². The molecule has 1 amide bonds. The van der Waals surface area contributed by atoms with Crippen molar-refractivity contribution >= 4 is 22.6 Å². The third-order valence-electron chi connectivity index (χ3n) is 7.72. The SMILES string of the molecule is COc1cccc(-c2cc(C(=O)Nc3cc4cc(C(C)O)c(OC5CCN(C)CC5)c(C)c4oc3=O)ccc2OC)c1. The monoisotopic (exact) mass is 572 g/mol. The molecule has 0 saturated carbocycles. The molecule has 1 aliphatic rings. The first kappa shape index (κ1) is 29.2. The van der Waals surface area contributed by atoms with Crippen LogP contribution < -0.4 is 25.2 Å². The van der Waals surface area contributed by atoms with Gasteiger partial charge in [-0.2, -0.15) is 0 Å². The van der Waals surface area contributed by atoms with Crippen LogP contribution in [-0.4, -0.2) is 56.4 Å². The highest BCUT2D eigenvalue weighted by Gasteiger charge is 2.24. The number of hydrogen-bond acceptors (Lipinski definition) is 8. The Morgan fingerprint density at radius 1 is 1.07 bits per heavy atom. The van der Waals surface area contributed by atoms with Crippen LogP contribution in [0.1, 0.15) is 47.4 Å². The number of ether oxygens (including phenoxy) is 3. The first-order valence-corrected chi connectivity index (χ1v) is 14.0. The summed E-state index contributed by atoms with van der Waals surface area (Å²) in [5, 5.41) is 13.9. The number of likely N-dealkylation sites (tertiary alicyclic amines) is 1. The van der Waals surface area contributed by atoms with E-state index in [0.29, 0.717) is 50.5 Å². The van der Waals surface area contributed by atoms with Gasteiger partial charge in [0, 0.05) is 40.7 Å². The number of fused-ring (bicyclic) bond motifs is 1. The molecule has 0 radical (unpaired) electrons. The molecule has 2 N–H and O–H groups in total. The maximum Gasteiger partial charge on any atom is 0.360 e. The van der Waals surface area contributed by atoms with E-state index in [9.17, 15) is 14.7 Å². The molecule has 220 valence electrons. The van der Waals surface area contributed by atoms with Gasteiger partial charge in [-0.15, -0.1) is 0 Å². The van der Waals surface area contributed by atoms with Crippen molar-refractivity contribution < 1.29 is 28.5 Å². The third-order valence-corrected chi connectivity index (χ3v) is 7.72. The second-order valence-electron chi connectivity index (χ2n) is 10.7. The molecule has 9 nitrogen and oxygen atoms in total. The molecular weight excluding hydrogens is 536 g/mol. The molecule has 5 rings (SSSR count). The van der Waals surface area contributed by atoms with Crippen LogP contribution in [0.5, 0.6) is 17.2 Å². The number of rotatable bonds is 8. The third kappa shape index (κ3) is 5.98. The van der Waals surface area contributed by atoms with Crippen molar-refractivity contribution in [1.82, 2.24) is 4.90 Å². The summed E-state index contributed by atoms with van der Waals surface area (Å²) in [7, 11) is 5.23. The van der Waals surface area contributed by atoms with Crippen molar-refractivity contribution in [2.24, 2.45) is 0 Å². The largest absolute Gasteiger partial charge is 0.497 e. The second-order valence-corrected chi connectivity index (χ2v) is 10.7. The Balaban J connectivity index is 1.47. The van der Waals surface area contributed by atoms with Crippen molar-refractivity contribution in [3.05, 3.63) is 81.7 Å². The Hall–Kier alpha value is -4.34. The van der Waals surface area contributed by atoms with Gasteiger partial charge in [0.2, 0.25) is 0 Å². The predicted octanol–water partition coefficient (Wildman–Crippen LogP) is 5.56. The van der Waals surface area contributed by atoms with E-state index in [1.165, 1.54) is 0 Å². The summed E-state index contributed by atoms with van der Waals surface area (Å²) in [6.45, 7) is 5.34. The minimum absolute atomic E-state index is 0.00601.